The third-order valence-electron chi connectivity index (χ3n) is 2.11. The van der Waals surface area contributed by atoms with Crippen LogP contribution >= 0.6 is 15.9 Å². The molecule has 1 unspecified atom stereocenters. The number of hydrogen-bond donors (Lipinski definition) is 1. The van der Waals surface area contributed by atoms with Crippen LogP contribution in [-0.2, 0) is 4.74 Å². The van der Waals surface area contributed by atoms with Gasteiger partial charge in [0.05, 0.1) is 11.1 Å². The number of aromatic nitrogens is 3. The molecule has 0 bridgehead atoms. The standard InChI is InChI=1S/C10H13BrN4O/c1-7(6-16-2)12-10-13-9-8(11)4-3-5-15(9)14-10/h3-5,7H,6H2,1-2H3,(H,12,14). The van der Waals surface area contributed by atoms with Crippen LogP contribution in [0.3, 0.4) is 0 Å². The van der Waals surface area contributed by atoms with Gasteiger partial charge < -0.3 is 10.1 Å². The predicted octanol–water partition coefficient (Wildman–Crippen LogP) is 1.94. The first kappa shape index (κ1) is 11.3. The largest absolute Gasteiger partial charge is 0.383 e. The topological polar surface area (TPSA) is 51.5 Å². The maximum Gasteiger partial charge on any atom is 0.243 e. The summed E-state index contributed by atoms with van der Waals surface area (Å²) in [5, 5.41) is 7.48. The van der Waals surface area contributed by atoms with Crippen molar-refractivity contribution in [3.8, 4) is 0 Å². The highest BCUT2D eigenvalue weighted by atomic mass is 79.9. The molecule has 0 spiro atoms. The van der Waals surface area contributed by atoms with Crippen LogP contribution in [0.1, 0.15) is 6.92 Å². The summed E-state index contributed by atoms with van der Waals surface area (Å²) in [5.74, 6) is 0.608. The van der Waals surface area contributed by atoms with E-state index in [1.807, 2.05) is 25.3 Å². The molecule has 1 N–H and O–H groups in total. The van der Waals surface area contributed by atoms with Gasteiger partial charge in [0.1, 0.15) is 0 Å². The first-order valence-corrected chi connectivity index (χ1v) is 5.76. The molecule has 2 aromatic rings. The van der Waals surface area contributed by atoms with Crippen molar-refractivity contribution in [2.24, 2.45) is 0 Å². The van der Waals surface area contributed by atoms with Crippen molar-refractivity contribution in [1.29, 1.82) is 0 Å². The minimum absolute atomic E-state index is 0.182. The number of hydrogen-bond acceptors (Lipinski definition) is 4. The van der Waals surface area contributed by atoms with Crippen molar-refractivity contribution in [1.82, 2.24) is 14.6 Å². The van der Waals surface area contributed by atoms with E-state index >= 15 is 0 Å². The van der Waals surface area contributed by atoms with Crippen LogP contribution in [0.25, 0.3) is 5.65 Å². The number of ether oxygens (including phenoxy) is 1. The SMILES string of the molecule is COCC(C)Nc1nc2c(Br)cccn2n1. The number of nitrogens with one attached hydrogen (secondary N) is 1. The highest BCUT2D eigenvalue weighted by molar-refractivity contribution is 9.10. The van der Waals surface area contributed by atoms with Crippen molar-refractivity contribution in [2.75, 3.05) is 19.0 Å². The smallest absolute Gasteiger partial charge is 0.243 e. The fourth-order valence-corrected chi connectivity index (χ4v) is 1.87. The van der Waals surface area contributed by atoms with Gasteiger partial charge in [-0.05, 0) is 35.0 Å². The third-order valence-corrected chi connectivity index (χ3v) is 2.73. The molecule has 0 aliphatic carbocycles. The first-order chi connectivity index (χ1) is 7.70. The molecular weight excluding hydrogens is 272 g/mol. The van der Waals surface area contributed by atoms with E-state index in [0.29, 0.717) is 12.6 Å². The van der Waals surface area contributed by atoms with Crippen molar-refractivity contribution in [3.63, 3.8) is 0 Å². The van der Waals surface area contributed by atoms with E-state index in [2.05, 4.69) is 31.3 Å². The fourth-order valence-electron chi connectivity index (χ4n) is 1.45. The molecule has 5 nitrogen and oxygen atoms in total. The molecule has 16 heavy (non-hydrogen) atoms. The maximum absolute atomic E-state index is 5.04. The van der Waals surface area contributed by atoms with Crippen LogP contribution < -0.4 is 5.32 Å². The minimum atomic E-state index is 0.182. The van der Waals surface area contributed by atoms with Crippen molar-refractivity contribution in [3.05, 3.63) is 22.8 Å². The van der Waals surface area contributed by atoms with E-state index in [9.17, 15) is 0 Å². The Labute approximate surface area is 102 Å². The Morgan fingerprint density at radius 3 is 3.12 bits per heavy atom. The van der Waals surface area contributed by atoms with E-state index in [-0.39, 0.29) is 6.04 Å². The van der Waals surface area contributed by atoms with Crippen LogP contribution in [0.2, 0.25) is 0 Å². The average molecular weight is 285 g/mol. The number of pyridine rings is 1. The van der Waals surface area contributed by atoms with Crippen molar-refractivity contribution >= 4 is 27.5 Å². The molecule has 86 valence electrons. The van der Waals surface area contributed by atoms with Gasteiger partial charge in [0.15, 0.2) is 5.65 Å². The van der Waals surface area contributed by atoms with E-state index in [0.717, 1.165) is 10.1 Å². The highest BCUT2D eigenvalue weighted by Gasteiger charge is 2.08. The Hall–Kier alpha value is -1.14. The summed E-state index contributed by atoms with van der Waals surface area (Å²) in [7, 11) is 1.67. The summed E-state index contributed by atoms with van der Waals surface area (Å²) < 4.78 is 7.69. The molecule has 0 fully saturated rings. The first-order valence-electron chi connectivity index (χ1n) is 4.97. The van der Waals surface area contributed by atoms with Gasteiger partial charge in [0.25, 0.3) is 0 Å². The summed E-state index contributed by atoms with van der Waals surface area (Å²) >= 11 is 3.43. The number of fused-ring (bicyclic) bond motifs is 1. The number of methoxy groups -OCH3 is 1. The maximum atomic E-state index is 5.04. The van der Waals surface area contributed by atoms with Crippen LogP contribution in [0, 0.1) is 0 Å². The van der Waals surface area contributed by atoms with E-state index < -0.39 is 0 Å². The molecule has 0 radical (unpaired) electrons. The molecule has 2 rings (SSSR count). The van der Waals surface area contributed by atoms with Gasteiger partial charge in [-0.25, -0.2) is 4.52 Å². The molecular formula is C10H13BrN4O. The van der Waals surface area contributed by atoms with Gasteiger partial charge >= 0.3 is 0 Å². The Morgan fingerprint density at radius 1 is 1.62 bits per heavy atom. The predicted molar refractivity (Wildman–Crippen MR) is 65.6 cm³/mol. The van der Waals surface area contributed by atoms with Gasteiger partial charge in [0.2, 0.25) is 5.95 Å². The van der Waals surface area contributed by atoms with Crippen LogP contribution in [0.5, 0.6) is 0 Å². The molecule has 0 aromatic carbocycles. The molecule has 0 aliphatic rings. The lowest BCUT2D eigenvalue weighted by Crippen LogP contribution is -2.21. The zero-order valence-corrected chi connectivity index (χ0v) is 10.7. The molecule has 2 aromatic heterocycles. The van der Waals surface area contributed by atoms with Gasteiger partial charge in [-0.3, -0.25) is 0 Å². The van der Waals surface area contributed by atoms with E-state index in [4.69, 9.17) is 4.74 Å². The van der Waals surface area contributed by atoms with Gasteiger partial charge in [0, 0.05) is 19.3 Å². The Bertz CT molecular complexity index is 485. The molecule has 6 heteroatoms. The number of halogens is 1. The lowest BCUT2D eigenvalue weighted by molar-refractivity contribution is 0.190. The monoisotopic (exact) mass is 284 g/mol. The Morgan fingerprint density at radius 2 is 2.44 bits per heavy atom. The van der Waals surface area contributed by atoms with Crippen LogP contribution in [0.15, 0.2) is 22.8 Å². The fraction of sp³-hybridized carbons (Fsp3) is 0.400. The lowest BCUT2D eigenvalue weighted by Gasteiger charge is -2.09. The second-order valence-electron chi connectivity index (χ2n) is 3.56. The zero-order valence-electron chi connectivity index (χ0n) is 9.14. The Kier molecular flexibility index (Phi) is 3.40. The summed E-state index contributed by atoms with van der Waals surface area (Å²) in [6.07, 6.45) is 1.86. The second kappa shape index (κ2) is 4.80. The lowest BCUT2D eigenvalue weighted by atomic mass is 10.4. The minimum Gasteiger partial charge on any atom is -0.383 e. The summed E-state index contributed by atoms with van der Waals surface area (Å²) in [6.45, 7) is 2.64. The van der Waals surface area contributed by atoms with Crippen LogP contribution in [-0.4, -0.2) is 34.4 Å². The van der Waals surface area contributed by atoms with E-state index in [1.54, 1.807) is 11.6 Å². The molecule has 0 amide bonds. The quantitative estimate of drug-likeness (QED) is 0.932. The van der Waals surface area contributed by atoms with Crippen molar-refractivity contribution in [2.45, 2.75) is 13.0 Å². The van der Waals surface area contributed by atoms with Gasteiger partial charge in [-0.15, -0.1) is 5.10 Å². The van der Waals surface area contributed by atoms with Crippen LogP contribution in [0.4, 0.5) is 5.95 Å². The third kappa shape index (κ3) is 2.33. The summed E-state index contributed by atoms with van der Waals surface area (Å²) in [4.78, 5) is 4.37. The molecule has 0 saturated carbocycles. The Balaban J connectivity index is 2.23. The molecule has 0 aliphatic heterocycles. The van der Waals surface area contributed by atoms with Gasteiger partial charge in [-0.1, -0.05) is 0 Å². The van der Waals surface area contributed by atoms with Crippen molar-refractivity contribution < 1.29 is 4.74 Å². The molecule has 0 saturated heterocycles. The number of rotatable bonds is 4. The average Bonchev–Trinajstić information content (AvgIpc) is 2.62. The molecule has 1 atom stereocenters. The highest BCUT2D eigenvalue weighted by Crippen LogP contribution is 2.16. The summed E-state index contributed by atoms with van der Waals surface area (Å²) in [6, 6.07) is 4.03. The number of anilines is 1. The normalized spacial score (nSPS) is 12.9. The molecule has 2 heterocycles. The number of nitrogens with zero attached hydrogens (tertiary/aromatic N) is 3. The van der Waals surface area contributed by atoms with E-state index in [1.165, 1.54) is 0 Å². The second-order valence-corrected chi connectivity index (χ2v) is 4.41. The zero-order chi connectivity index (χ0) is 11.5. The summed E-state index contributed by atoms with van der Waals surface area (Å²) in [5.41, 5.74) is 0.801. The van der Waals surface area contributed by atoms with Gasteiger partial charge in [-0.2, -0.15) is 4.98 Å².